The Kier molecular flexibility index (Phi) is 6.03. The van der Waals surface area contributed by atoms with Crippen molar-refractivity contribution in [3.8, 4) is 0 Å². The summed E-state index contributed by atoms with van der Waals surface area (Å²) in [7, 11) is 0. The number of hydrogen-bond acceptors (Lipinski definition) is 2. The lowest BCUT2D eigenvalue weighted by atomic mass is 9.98. The van der Waals surface area contributed by atoms with E-state index < -0.39 is 0 Å². The smallest absolute Gasteiger partial charge is 0.224 e. The molecule has 1 aromatic carbocycles. The summed E-state index contributed by atoms with van der Waals surface area (Å²) in [5, 5.41) is 2.98. The molecule has 3 heteroatoms. The lowest BCUT2D eigenvalue weighted by Gasteiger charge is -2.14. The van der Waals surface area contributed by atoms with Crippen LogP contribution < -0.4 is 11.1 Å². The van der Waals surface area contributed by atoms with E-state index in [1.54, 1.807) is 0 Å². The van der Waals surface area contributed by atoms with Crippen LogP contribution in [0.1, 0.15) is 35.6 Å². The molecule has 1 unspecified atom stereocenters. The molecule has 0 aliphatic rings. The van der Waals surface area contributed by atoms with Gasteiger partial charge in [-0.15, -0.1) is 0 Å². The first kappa shape index (κ1) is 15.7. The van der Waals surface area contributed by atoms with E-state index >= 15 is 0 Å². The van der Waals surface area contributed by atoms with Crippen molar-refractivity contribution in [2.45, 2.75) is 40.5 Å². The van der Waals surface area contributed by atoms with Crippen molar-refractivity contribution >= 4 is 5.91 Å². The first-order chi connectivity index (χ1) is 8.99. The summed E-state index contributed by atoms with van der Waals surface area (Å²) >= 11 is 0. The van der Waals surface area contributed by atoms with E-state index in [1.165, 1.54) is 22.3 Å². The highest BCUT2D eigenvalue weighted by Gasteiger charge is 2.13. The molecule has 106 valence electrons. The normalized spacial score (nSPS) is 12.3. The van der Waals surface area contributed by atoms with Crippen LogP contribution in [0.2, 0.25) is 0 Å². The average molecular weight is 262 g/mol. The van der Waals surface area contributed by atoms with Crippen LogP contribution >= 0.6 is 0 Å². The van der Waals surface area contributed by atoms with E-state index in [0.29, 0.717) is 13.1 Å². The summed E-state index contributed by atoms with van der Waals surface area (Å²) < 4.78 is 0. The minimum Gasteiger partial charge on any atom is -0.355 e. The van der Waals surface area contributed by atoms with Crippen LogP contribution in [-0.2, 0) is 11.2 Å². The van der Waals surface area contributed by atoms with Gasteiger partial charge in [-0.2, -0.15) is 0 Å². The number of amides is 1. The molecule has 0 bridgehead atoms. The summed E-state index contributed by atoms with van der Waals surface area (Å²) in [4.78, 5) is 11.8. The zero-order valence-electron chi connectivity index (χ0n) is 12.5. The molecule has 1 rings (SSSR count). The maximum absolute atomic E-state index is 11.8. The third-order valence-corrected chi connectivity index (χ3v) is 3.79. The van der Waals surface area contributed by atoms with Gasteiger partial charge in [0.2, 0.25) is 5.91 Å². The van der Waals surface area contributed by atoms with Gasteiger partial charge in [-0.1, -0.05) is 19.1 Å². The zero-order chi connectivity index (χ0) is 14.4. The number of aryl methyl sites for hydroxylation is 3. The van der Waals surface area contributed by atoms with Crippen molar-refractivity contribution < 1.29 is 4.79 Å². The number of nitrogens with one attached hydrogen (secondary N) is 1. The number of nitrogens with two attached hydrogens (primary N) is 1. The Morgan fingerprint density at radius 3 is 2.42 bits per heavy atom. The van der Waals surface area contributed by atoms with Crippen molar-refractivity contribution in [2.75, 3.05) is 13.1 Å². The fraction of sp³-hybridized carbons (Fsp3) is 0.562. The molecule has 0 aliphatic heterocycles. The highest BCUT2D eigenvalue weighted by Crippen LogP contribution is 2.15. The highest BCUT2D eigenvalue weighted by molar-refractivity contribution is 5.78. The number of carbonyl (C=O) groups is 1. The number of carbonyl (C=O) groups excluding carboxylic acids is 1. The van der Waals surface area contributed by atoms with Gasteiger partial charge in [0, 0.05) is 19.0 Å². The van der Waals surface area contributed by atoms with E-state index in [4.69, 9.17) is 5.73 Å². The Bertz CT molecular complexity index is 437. The monoisotopic (exact) mass is 262 g/mol. The van der Waals surface area contributed by atoms with E-state index in [1.807, 2.05) is 6.92 Å². The molecule has 0 heterocycles. The van der Waals surface area contributed by atoms with E-state index in [0.717, 1.165) is 12.8 Å². The van der Waals surface area contributed by atoms with Gasteiger partial charge >= 0.3 is 0 Å². The Morgan fingerprint density at radius 2 is 1.84 bits per heavy atom. The molecule has 3 nitrogen and oxygen atoms in total. The van der Waals surface area contributed by atoms with Crippen LogP contribution in [0.15, 0.2) is 12.1 Å². The summed E-state index contributed by atoms with van der Waals surface area (Å²) in [5.41, 5.74) is 10.8. The highest BCUT2D eigenvalue weighted by atomic mass is 16.1. The summed E-state index contributed by atoms with van der Waals surface area (Å²) in [6, 6.07) is 4.43. The van der Waals surface area contributed by atoms with Crippen LogP contribution in [0.5, 0.6) is 0 Å². The lowest BCUT2D eigenvalue weighted by Crippen LogP contribution is -2.35. The summed E-state index contributed by atoms with van der Waals surface area (Å²) in [5.74, 6) is 0.0207. The second kappa shape index (κ2) is 7.29. The van der Waals surface area contributed by atoms with Gasteiger partial charge < -0.3 is 11.1 Å². The topological polar surface area (TPSA) is 55.1 Å². The van der Waals surface area contributed by atoms with Crippen LogP contribution in [0.25, 0.3) is 0 Å². The van der Waals surface area contributed by atoms with Crippen molar-refractivity contribution in [3.05, 3.63) is 34.4 Å². The lowest BCUT2D eigenvalue weighted by molar-refractivity contribution is -0.124. The van der Waals surface area contributed by atoms with Gasteiger partial charge in [-0.05, 0) is 55.9 Å². The Labute approximate surface area is 116 Å². The second-order valence-electron chi connectivity index (χ2n) is 5.24. The van der Waals surface area contributed by atoms with E-state index in [2.05, 4.69) is 38.2 Å². The molecular weight excluding hydrogens is 236 g/mol. The third-order valence-electron chi connectivity index (χ3n) is 3.79. The van der Waals surface area contributed by atoms with E-state index in [-0.39, 0.29) is 11.8 Å². The molecule has 1 aromatic rings. The fourth-order valence-corrected chi connectivity index (χ4v) is 2.21. The Balaban J connectivity index is 2.54. The molecule has 0 aromatic heterocycles. The van der Waals surface area contributed by atoms with Crippen LogP contribution in [0.4, 0.5) is 0 Å². The molecule has 1 atom stereocenters. The van der Waals surface area contributed by atoms with Crippen molar-refractivity contribution in [2.24, 2.45) is 11.7 Å². The first-order valence-electron chi connectivity index (χ1n) is 7.04. The van der Waals surface area contributed by atoms with Crippen LogP contribution in [-0.4, -0.2) is 19.0 Å². The van der Waals surface area contributed by atoms with Gasteiger partial charge in [-0.3, -0.25) is 4.79 Å². The number of hydrogen-bond donors (Lipinski definition) is 2. The maximum atomic E-state index is 11.8. The van der Waals surface area contributed by atoms with Gasteiger partial charge in [-0.25, -0.2) is 0 Å². The van der Waals surface area contributed by atoms with Gasteiger partial charge in [0.1, 0.15) is 0 Å². The minimum absolute atomic E-state index is 0.0548. The van der Waals surface area contributed by atoms with Crippen molar-refractivity contribution in [1.82, 2.24) is 5.32 Å². The van der Waals surface area contributed by atoms with Gasteiger partial charge in [0.15, 0.2) is 0 Å². The number of rotatable bonds is 6. The molecule has 0 radical (unpaired) electrons. The SMILES string of the molecule is CCC(CN)C(=O)NCCc1cc(C)c(C)cc1C. The van der Waals surface area contributed by atoms with E-state index in [9.17, 15) is 4.79 Å². The molecule has 0 saturated heterocycles. The molecule has 1 amide bonds. The average Bonchev–Trinajstić information content (AvgIpc) is 2.37. The standard InChI is InChI=1S/C16H26N2O/c1-5-14(10-17)16(19)18-7-6-15-9-12(3)11(2)8-13(15)4/h8-9,14H,5-7,10,17H2,1-4H3,(H,18,19). The summed E-state index contributed by atoms with van der Waals surface area (Å²) in [6.45, 7) is 9.46. The minimum atomic E-state index is -0.0548. The van der Waals surface area contributed by atoms with Crippen molar-refractivity contribution in [3.63, 3.8) is 0 Å². The molecule has 0 saturated carbocycles. The fourth-order valence-electron chi connectivity index (χ4n) is 2.21. The Hall–Kier alpha value is -1.35. The molecule has 3 N–H and O–H groups in total. The van der Waals surface area contributed by atoms with Crippen molar-refractivity contribution in [1.29, 1.82) is 0 Å². The largest absolute Gasteiger partial charge is 0.355 e. The quantitative estimate of drug-likeness (QED) is 0.826. The van der Waals surface area contributed by atoms with Gasteiger partial charge in [0.05, 0.1) is 0 Å². The second-order valence-corrected chi connectivity index (χ2v) is 5.24. The Morgan fingerprint density at radius 1 is 1.21 bits per heavy atom. The molecule has 19 heavy (non-hydrogen) atoms. The van der Waals surface area contributed by atoms with Crippen LogP contribution in [0.3, 0.4) is 0 Å². The van der Waals surface area contributed by atoms with Crippen LogP contribution in [0, 0.1) is 26.7 Å². The molecular formula is C16H26N2O. The maximum Gasteiger partial charge on any atom is 0.224 e. The first-order valence-corrected chi connectivity index (χ1v) is 7.04. The molecule has 0 spiro atoms. The summed E-state index contributed by atoms with van der Waals surface area (Å²) in [6.07, 6.45) is 1.67. The molecule has 0 fully saturated rings. The zero-order valence-corrected chi connectivity index (χ0v) is 12.5. The third kappa shape index (κ3) is 4.35. The predicted octanol–water partition coefficient (Wildman–Crippen LogP) is 2.26. The molecule has 0 aliphatic carbocycles. The number of benzene rings is 1. The predicted molar refractivity (Wildman–Crippen MR) is 80.2 cm³/mol. The van der Waals surface area contributed by atoms with Gasteiger partial charge in [0.25, 0.3) is 0 Å².